The van der Waals surface area contributed by atoms with Gasteiger partial charge < -0.3 is 9.88 Å². The molecular formula is C14H20N4O2S. The van der Waals surface area contributed by atoms with Crippen LogP contribution in [0.2, 0.25) is 0 Å². The van der Waals surface area contributed by atoms with Crippen LogP contribution in [0.3, 0.4) is 0 Å². The average Bonchev–Trinajstić information content (AvgIpc) is 2.44. The first-order valence-corrected chi connectivity index (χ1v) is 7.73. The lowest BCUT2D eigenvalue weighted by Gasteiger charge is -2.27. The van der Waals surface area contributed by atoms with E-state index in [9.17, 15) is 14.9 Å². The molecule has 0 spiro atoms. The van der Waals surface area contributed by atoms with Crippen LogP contribution in [-0.4, -0.2) is 26.8 Å². The SMILES string of the molecule is CCn1ccc(=O)nc1SCC(=O)N[C@](C)(C#N)C(C)C. The third-order valence-corrected chi connectivity index (χ3v) is 4.30. The summed E-state index contributed by atoms with van der Waals surface area (Å²) in [5.41, 5.74) is -1.22. The van der Waals surface area contributed by atoms with Crippen molar-refractivity contribution in [3.8, 4) is 6.07 Å². The third kappa shape index (κ3) is 4.60. The number of rotatable bonds is 6. The van der Waals surface area contributed by atoms with Crippen molar-refractivity contribution in [2.45, 2.75) is 44.9 Å². The minimum atomic E-state index is -0.897. The first-order chi connectivity index (χ1) is 9.82. The number of nitrogens with zero attached hydrogens (tertiary/aromatic N) is 3. The van der Waals surface area contributed by atoms with Gasteiger partial charge in [-0.15, -0.1) is 0 Å². The van der Waals surface area contributed by atoms with Crippen LogP contribution in [0.1, 0.15) is 27.7 Å². The van der Waals surface area contributed by atoms with E-state index in [0.717, 1.165) is 0 Å². The van der Waals surface area contributed by atoms with Gasteiger partial charge >= 0.3 is 0 Å². The maximum Gasteiger partial charge on any atom is 0.273 e. The highest BCUT2D eigenvalue weighted by Crippen LogP contribution is 2.17. The van der Waals surface area contributed by atoms with Crippen LogP contribution < -0.4 is 10.9 Å². The van der Waals surface area contributed by atoms with Gasteiger partial charge in [-0.25, -0.2) is 0 Å². The molecule has 1 aromatic rings. The smallest absolute Gasteiger partial charge is 0.273 e. The first kappa shape index (κ1) is 17.2. The Labute approximate surface area is 128 Å². The van der Waals surface area contributed by atoms with E-state index < -0.39 is 5.54 Å². The Kier molecular flexibility index (Phi) is 5.97. The van der Waals surface area contributed by atoms with Crippen LogP contribution in [0.4, 0.5) is 0 Å². The van der Waals surface area contributed by atoms with Crippen LogP contribution >= 0.6 is 11.8 Å². The van der Waals surface area contributed by atoms with E-state index in [1.165, 1.54) is 17.8 Å². The van der Waals surface area contributed by atoms with E-state index in [4.69, 9.17) is 0 Å². The van der Waals surface area contributed by atoms with Gasteiger partial charge in [0.25, 0.3) is 5.56 Å². The number of aromatic nitrogens is 2. The topological polar surface area (TPSA) is 87.8 Å². The molecule has 0 aliphatic carbocycles. The Bertz CT molecular complexity index is 606. The van der Waals surface area contributed by atoms with Crippen molar-refractivity contribution in [2.75, 3.05) is 5.75 Å². The Morgan fingerprint density at radius 3 is 2.81 bits per heavy atom. The highest BCUT2D eigenvalue weighted by atomic mass is 32.2. The summed E-state index contributed by atoms with van der Waals surface area (Å²) in [4.78, 5) is 27.2. The lowest BCUT2D eigenvalue weighted by atomic mass is 9.90. The molecule has 1 N–H and O–H groups in total. The standard InChI is InChI=1S/C14H20N4O2S/c1-5-18-7-6-11(19)16-13(18)21-8-12(20)17-14(4,9-15)10(2)3/h6-7,10H,5,8H2,1-4H3,(H,17,20)/t14-/m1/s1. The molecule has 0 aliphatic heterocycles. The zero-order chi connectivity index (χ0) is 16.0. The normalized spacial score (nSPS) is 13.5. The molecule has 1 rings (SSSR count). The Balaban J connectivity index is 2.72. The molecule has 7 heteroatoms. The second-order valence-corrected chi connectivity index (χ2v) is 6.08. The van der Waals surface area contributed by atoms with Gasteiger partial charge in [0, 0.05) is 18.8 Å². The monoisotopic (exact) mass is 308 g/mol. The van der Waals surface area contributed by atoms with Gasteiger partial charge in [-0.1, -0.05) is 25.6 Å². The third-order valence-electron chi connectivity index (χ3n) is 3.31. The van der Waals surface area contributed by atoms with Gasteiger partial charge in [-0.3, -0.25) is 9.59 Å². The maximum absolute atomic E-state index is 12.0. The maximum atomic E-state index is 12.0. The summed E-state index contributed by atoms with van der Waals surface area (Å²) >= 11 is 1.19. The molecule has 21 heavy (non-hydrogen) atoms. The summed E-state index contributed by atoms with van der Waals surface area (Å²) < 4.78 is 1.80. The highest BCUT2D eigenvalue weighted by molar-refractivity contribution is 7.99. The fourth-order valence-electron chi connectivity index (χ4n) is 1.53. The van der Waals surface area contributed by atoms with Gasteiger partial charge in [0.05, 0.1) is 11.8 Å². The second kappa shape index (κ2) is 7.27. The molecule has 1 aromatic heterocycles. The molecule has 0 fully saturated rings. The zero-order valence-corrected chi connectivity index (χ0v) is 13.5. The lowest BCUT2D eigenvalue weighted by molar-refractivity contribution is -0.120. The van der Waals surface area contributed by atoms with Gasteiger partial charge in [0.15, 0.2) is 5.16 Å². The van der Waals surface area contributed by atoms with Crippen LogP contribution in [0.5, 0.6) is 0 Å². The van der Waals surface area contributed by atoms with E-state index in [0.29, 0.717) is 11.7 Å². The Morgan fingerprint density at radius 1 is 1.62 bits per heavy atom. The number of nitriles is 1. The van der Waals surface area contributed by atoms with Gasteiger partial charge in [-0.05, 0) is 19.8 Å². The predicted molar refractivity (Wildman–Crippen MR) is 81.9 cm³/mol. The fourth-order valence-corrected chi connectivity index (χ4v) is 2.37. The molecule has 0 saturated heterocycles. The van der Waals surface area contributed by atoms with Crippen LogP contribution in [0, 0.1) is 17.2 Å². The van der Waals surface area contributed by atoms with Gasteiger partial charge in [0.2, 0.25) is 5.91 Å². The van der Waals surface area contributed by atoms with Crippen molar-refractivity contribution < 1.29 is 4.79 Å². The number of hydrogen-bond acceptors (Lipinski definition) is 5. The minimum Gasteiger partial charge on any atom is -0.337 e. The first-order valence-electron chi connectivity index (χ1n) is 6.75. The highest BCUT2D eigenvalue weighted by Gasteiger charge is 2.29. The number of amides is 1. The van der Waals surface area contributed by atoms with Crippen molar-refractivity contribution in [1.82, 2.24) is 14.9 Å². The molecule has 0 aliphatic rings. The fraction of sp³-hybridized carbons (Fsp3) is 0.571. The molecule has 1 heterocycles. The number of hydrogen-bond donors (Lipinski definition) is 1. The van der Waals surface area contributed by atoms with E-state index >= 15 is 0 Å². The molecule has 0 saturated carbocycles. The number of thioether (sulfide) groups is 1. The van der Waals surface area contributed by atoms with Crippen LogP contribution in [-0.2, 0) is 11.3 Å². The number of nitrogens with one attached hydrogen (secondary N) is 1. The Hall–Kier alpha value is -1.81. The van der Waals surface area contributed by atoms with Crippen molar-refractivity contribution in [1.29, 1.82) is 5.26 Å². The van der Waals surface area contributed by atoms with Crippen LogP contribution in [0.25, 0.3) is 0 Å². The predicted octanol–water partition coefficient (Wildman–Crippen LogP) is 1.41. The van der Waals surface area contributed by atoms with Crippen LogP contribution in [0.15, 0.2) is 22.2 Å². The molecule has 1 atom stereocenters. The minimum absolute atomic E-state index is 0.000113. The molecule has 0 bridgehead atoms. The second-order valence-electron chi connectivity index (χ2n) is 5.14. The van der Waals surface area contributed by atoms with Gasteiger partial charge in [0.1, 0.15) is 5.54 Å². The molecule has 1 amide bonds. The van der Waals surface area contributed by atoms with E-state index in [-0.39, 0.29) is 23.1 Å². The van der Waals surface area contributed by atoms with E-state index in [1.54, 1.807) is 17.7 Å². The number of carbonyl (C=O) groups is 1. The van der Waals surface area contributed by atoms with Crippen molar-refractivity contribution in [3.63, 3.8) is 0 Å². The molecule has 0 radical (unpaired) electrons. The summed E-state index contributed by atoms with van der Waals surface area (Å²) in [6.45, 7) is 8.05. The average molecular weight is 308 g/mol. The van der Waals surface area contributed by atoms with Crippen molar-refractivity contribution in [3.05, 3.63) is 22.6 Å². The lowest BCUT2D eigenvalue weighted by Crippen LogP contribution is -2.49. The number of carbonyl (C=O) groups excluding carboxylic acids is 1. The molecule has 0 aromatic carbocycles. The van der Waals surface area contributed by atoms with Crippen molar-refractivity contribution >= 4 is 17.7 Å². The molecule has 114 valence electrons. The zero-order valence-electron chi connectivity index (χ0n) is 12.7. The van der Waals surface area contributed by atoms with Gasteiger partial charge in [-0.2, -0.15) is 10.2 Å². The summed E-state index contributed by atoms with van der Waals surface area (Å²) in [7, 11) is 0. The molecule has 6 nitrogen and oxygen atoms in total. The summed E-state index contributed by atoms with van der Waals surface area (Å²) in [5.74, 6) is -0.140. The summed E-state index contributed by atoms with van der Waals surface area (Å²) in [6, 6.07) is 3.51. The van der Waals surface area contributed by atoms with E-state index in [1.807, 2.05) is 20.8 Å². The summed E-state index contributed by atoms with van der Waals surface area (Å²) in [5, 5.41) is 12.4. The summed E-state index contributed by atoms with van der Waals surface area (Å²) in [6.07, 6.45) is 1.66. The van der Waals surface area contributed by atoms with Crippen molar-refractivity contribution in [2.24, 2.45) is 5.92 Å². The molecule has 0 unspecified atom stereocenters. The Morgan fingerprint density at radius 2 is 2.29 bits per heavy atom. The quantitative estimate of drug-likeness (QED) is 0.634. The van der Waals surface area contributed by atoms with E-state index in [2.05, 4.69) is 16.4 Å². The largest absolute Gasteiger partial charge is 0.337 e. The molecular weight excluding hydrogens is 288 g/mol. The number of aryl methyl sites for hydroxylation is 1.